The van der Waals surface area contributed by atoms with E-state index >= 15 is 0 Å². The first kappa shape index (κ1) is 36.4. The highest BCUT2D eigenvalue weighted by Crippen LogP contribution is 2.45. The summed E-state index contributed by atoms with van der Waals surface area (Å²) in [6, 6.07) is 3.96. The number of carbonyl (C=O) groups excluding carboxylic acids is 2. The topological polar surface area (TPSA) is 205 Å². The fraction of sp³-hybridized carbons (Fsp3) is 0.667. The molecule has 1 saturated carbocycles. The number of hydrogen-bond acceptors (Lipinski definition) is 13. The first-order chi connectivity index (χ1) is 22.9. The van der Waals surface area contributed by atoms with Gasteiger partial charge in [-0.05, 0) is 25.3 Å². The lowest BCUT2D eigenvalue weighted by Crippen LogP contribution is -2.34. The number of rotatable bonds is 17. The molecule has 15 nitrogen and oxygen atoms in total. The minimum atomic E-state index is -4.76. The lowest BCUT2D eigenvalue weighted by atomic mass is 10.1. The fourth-order valence-electron chi connectivity index (χ4n) is 6.34. The molecule has 1 aliphatic carbocycles. The smallest absolute Gasteiger partial charge is 0.438 e. The SMILES string of the molecule is CCCCCCCCC(=O)OCOP(=O)(O)CS(=O)(=O)C[C@H]1O[C@@H](n2ccc3c(NC4CCCC4)c(C#N)c(Cl)nc32)[C@@H]2OC(=O)O[C@@H]21. The van der Waals surface area contributed by atoms with E-state index in [2.05, 4.69) is 23.3 Å². The van der Waals surface area contributed by atoms with Gasteiger partial charge in [0.05, 0.1) is 11.4 Å². The van der Waals surface area contributed by atoms with Gasteiger partial charge in [-0.2, -0.15) is 5.26 Å². The molecule has 48 heavy (non-hydrogen) atoms. The molecule has 2 aromatic rings. The Labute approximate surface area is 283 Å². The van der Waals surface area contributed by atoms with E-state index < -0.39 is 72.1 Å². The summed E-state index contributed by atoms with van der Waals surface area (Å²) < 4.78 is 66.6. The largest absolute Gasteiger partial charge is 0.509 e. The Balaban J connectivity index is 1.23. The number of pyridine rings is 1. The van der Waals surface area contributed by atoms with E-state index in [-0.39, 0.29) is 23.2 Å². The van der Waals surface area contributed by atoms with Crippen LogP contribution in [0.25, 0.3) is 11.0 Å². The number of sulfone groups is 1. The molecule has 2 aromatic heterocycles. The number of nitrogens with zero attached hydrogens (tertiary/aromatic N) is 3. The van der Waals surface area contributed by atoms with E-state index in [1.807, 2.05) is 0 Å². The average Bonchev–Trinajstić information content (AvgIpc) is 3.80. The van der Waals surface area contributed by atoms with Crippen LogP contribution < -0.4 is 5.32 Å². The lowest BCUT2D eigenvalue weighted by Gasteiger charge is -2.20. The van der Waals surface area contributed by atoms with Crippen molar-refractivity contribution in [2.24, 2.45) is 0 Å². The molecule has 0 aromatic carbocycles. The number of hydrogen-bond donors (Lipinski definition) is 2. The monoisotopic (exact) mass is 730 g/mol. The molecule has 5 atom stereocenters. The van der Waals surface area contributed by atoms with E-state index in [1.165, 1.54) is 4.57 Å². The van der Waals surface area contributed by atoms with E-state index in [0.29, 0.717) is 23.1 Å². The Hall–Kier alpha value is -2.93. The van der Waals surface area contributed by atoms with E-state index in [4.69, 9.17) is 35.1 Å². The Kier molecular flexibility index (Phi) is 11.9. The van der Waals surface area contributed by atoms with Crippen LogP contribution in [0, 0.1) is 11.3 Å². The number of fused-ring (bicyclic) bond motifs is 2. The Morgan fingerprint density at radius 2 is 1.92 bits per heavy atom. The van der Waals surface area contributed by atoms with Crippen LogP contribution >= 0.6 is 19.2 Å². The maximum atomic E-state index is 13.1. The minimum absolute atomic E-state index is 0.0504. The second-order valence-corrected chi connectivity index (χ2v) is 17.0. The van der Waals surface area contributed by atoms with Crippen LogP contribution in [-0.4, -0.2) is 77.4 Å². The van der Waals surface area contributed by atoms with Gasteiger partial charge >= 0.3 is 19.7 Å². The van der Waals surface area contributed by atoms with Crippen LogP contribution in [0.5, 0.6) is 0 Å². The number of ether oxygens (including phenoxy) is 4. The maximum absolute atomic E-state index is 13.1. The van der Waals surface area contributed by atoms with Crippen LogP contribution in [-0.2, 0) is 42.7 Å². The number of halogens is 1. The molecule has 2 saturated heterocycles. The molecule has 2 N–H and O–H groups in total. The zero-order valence-corrected chi connectivity index (χ0v) is 29.0. The van der Waals surface area contributed by atoms with Gasteiger partial charge in [0, 0.05) is 24.0 Å². The van der Waals surface area contributed by atoms with Crippen LogP contribution in [0.2, 0.25) is 5.15 Å². The quantitative estimate of drug-likeness (QED) is 0.0674. The Morgan fingerprint density at radius 3 is 2.65 bits per heavy atom. The van der Waals surface area contributed by atoms with Crippen LogP contribution in [0.4, 0.5) is 10.5 Å². The maximum Gasteiger partial charge on any atom is 0.509 e. The molecular weight excluding hydrogens is 691 g/mol. The lowest BCUT2D eigenvalue weighted by molar-refractivity contribution is -0.150. The van der Waals surface area contributed by atoms with Crippen molar-refractivity contribution in [1.82, 2.24) is 9.55 Å². The Bertz CT molecular complexity index is 1690. The fourth-order valence-corrected chi connectivity index (χ4v) is 10.3. The minimum Gasteiger partial charge on any atom is -0.438 e. The molecule has 4 heterocycles. The average molecular weight is 731 g/mol. The summed E-state index contributed by atoms with van der Waals surface area (Å²) in [4.78, 5) is 38.7. The van der Waals surface area contributed by atoms with Gasteiger partial charge < -0.3 is 33.7 Å². The molecule has 3 aliphatic rings. The summed E-state index contributed by atoms with van der Waals surface area (Å²) in [6.07, 6.45) is 5.80. The van der Waals surface area contributed by atoms with Gasteiger partial charge in [-0.15, -0.1) is 0 Å². The van der Waals surface area contributed by atoms with Crippen LogP contribution in [0.1, 0.15) is 89.3 Å². The molecule has 2 aliphatic heterocycles. The van der Waals surface area contributed by atoms with Crippen molar-refractivity contribution in [3.05, 3.63) is 23.0 Å². The van der Waals surface area contributed by atoms with E-state index in [1.54, 1.807) is 12.3 Å². The first-order valence-corrected chi connectivity index (χ1v) is 20.1. The molecule has 0 spiro atoms. The molecule has 3 fully saturated rings. The number of unbranched alkanes of at least 4 members (excludes halogenated alkanes) is 5. The Morgan fingerprint density at radius 1 is 1.21 bits per heavy atom. The second-order valence-electron chi connectivity index (χ2n) is 12.3. The molecule has 5 rings (SSSR count). The van der Waals surface area contributed by atoms with Gasteiger partial charge in [-0.3, -0.25) is 13.9 Å². The van der Waals surface area contributed by atoms with Gasteiger partial charge in [-0.25, -0.2) is 18.2 Å². The van der Waals surface area contributed by atoms with Crippen molar-refractivity contribution in [2.75, 3.05) is 23.4 Å². The van der Waals surface area contributed by atoms with Crippen molar-refractivity contribution >= 4 is 57.9 Å². The zero-order chi connectivity index (χ0) is 34.5. The summed E-state index contributed by atoms with van der Waals surface area (Å²) >= 11 is 6.43. The van der Waals surface area contributed by atoms with Crippen molar-refractivity contribution in [3.63, 3.8) is 0 Å². The highest BCUT2D eigenvalue weighted by Gasteiger charge is 2.56. The predicted octanol–water partition coefficient (Wildman–Crippen LogP) is 5.54. The number of anilines is 1. The summed E-state index contributed by atoms with van der Waals surface area (Å²) in [5.74, 6) is -1.43. The van der Waals surface area contributed by atoms with Gasteiger partial charge in [0.25, 0.3) is 0 Å². The van der Waals surface area contributed by atoms with Crippen molar-refractivity contribution < 1.29 is 50.9 Å². The first-order valence-electron chi connectivity index (χ1n) is 16.1. The normalized spacial score (nSPS) is 23.8. The standard InChI is InChI=1S/C30H40ClN4O11PS/c1-2-3-4-5-6-7-12-23(36)42-17-43-47(38,39)18-48(40,41)16-22-25-26(46-30(37)45-25)29(44-22)35-14-13-20-24(33-19-10-8-9-11-19)21(15-32)27(31)34-28(20)35/h13-14,19,22,25-26,29H,2-12,16-18H2,1H3,(H,33,34)(H,38,39)/t22-,25-,26-,29-/m1/s1. The third kappa shape index (κ3) is 8.80. The highest BCUT2D eigenvalue weighted by molar-refractivity contribution is 7.97. The van der Waals surface area contributed by atoms with Crippen molar-refractivity contribution in [2.45, 2.75) is 108 Å². The van der Waals surface area contributed by atoms with Gasteiger partial charge in [0.15, 0.2) is 38.9 Å². The predicted molar refractivity (Wildman–Crippen MR) is 173 cm³/mol. The van der Waals surface area contributed by atoms with E-state index in [0.717, 1.165) is 57.8 Å². The second kappa shape index (κ2) is 15.7. The highest BCUT2D eigenvalue weighted by atomic mass is 35.5. The molecule has 18 heteroatoms. The third-order valence-electron chi connectivity index (χ3n) is 8.64. The summed E-state index contributed by atoms with van der Waals surface area (Å²) in [7, 11) is -9.13. The number of carbonyl (C=O) groups is 2. The van der Waals surface area contributed by atoms with Crippen molar-refractivity contribution in [3.8, 4) is 6.07 Å². The third-order valence-corrected chi connectivity index (χ3v) is 13.1. The molecule has 264 valence electrons. The molecule has 0 amide bonds. The number of esters is 1. The van der Waals surface area contributed by atoms with Crippen molar-refractivity contribution in [1.29, 1.82) is 5.26 Å². The molecular formula is C30H40ClN4O11PS. The summed E-state index contributed by atoms with van der Waals surface area (Å²) in [5.41, 5.74) is -0.295. The van der Waals surface area contributed by atoms with Gasteiger partial charge in [0.1, 0.15) is 23.4 Å². The number of nitrogens with one attached hydrogen (secondary N) is 1. The summed E-state index contributed by atoms with van der Waals surface area (Å²) in [6.45, 7) is 1.23. The number of nitriles is 1. The van der Waals surface area contributed by atoms with E-state index in [9.17, 15) is 32.7 Å². The summed E-state index contributed by atoms with van der Waals surface area (Å²) in [5, 5.41) is 13.8. The van der Waals surface area contributed by atoms with Crippen LogP contribution in [0.15, 0.2) is 12.3 Å². The zero-order valence-electron chi connectivity index (χ0n) is 26.5. The molecule has 0 bridgehead atoms. The number of aromatic nitrogens is 2. The van der Waals surface area contributed by atoms with Gasteiger partial charge in [0.2, 0.25) is 6.79 Å². The molecule has 0 radical (unpaired) electrons. The molecule has 1 unspecified atom stereocenters. The van der Waals surface area contributed by atoms with Gasteiger partial charge in [-0.1, -0.05) is 63.5 Å². The van der Waals surface area contributed by atoms with Crippen LogP contribution in [0.3, 0.4) is 0 Å².